The Kier molecular flexibility index (Phi) is 5.84. The molecule has 3 rings (SSSR count). The zero-order chi connectivity index (χ0) is 14.8. The average Bonchev–Trinajstić information content (AvgIpc) is 3.04. The van der Waals surface area contributed by atoms with Crippen LogP contribution >= 0.6 is 12.4 Å². The van der Waals surface area contributed by atoms with Gasteiger partial charge in [-0.25, -0.2) is 0 Å². The number of nitrogens with one attached hydrogen (secondary N) is 1. The van der Waals surface area contributed by atoms with E-state index in [1.54, 1.807) is 0 Å². The zero-order valence-corrected chi connectivity index (χ0v) is 14.3. The van der Waals surface area contributed by atoms with E-state index in [0.717, 1.165) is 44.8 Å². The first kappa shape index (κ1) is 17.3. The summed E-state index contributed by atoms with van der Waals surface area (Å²) < 4.78 is 0. The fourth-order valence-corrected chi connectivity index (χ4v) is 3.30. The van der Waals surface area contributed by atoms with Gasteiger partial charge in [0.2, 0.25) is 0 Å². The fourth-order valence-electron chi connectivity index (χ4n) is 3.30. The zero-order valence-electron chi connectivity index (χ0n) is 13.5. The second-order valence-electron chi connectivity index (χ2n) is 6.27. The predicted molar refractivity (Wildman–Crippen MR) is 91.9 cm³/mol. The Morgan fingerprint density at radius 1 is 1.14 bits per heavy atom. The standard InChI is InChI=1S/C17H25N3O.ClH/c1-13-3-4-15(11-14(13)2)17(21)20-9-7-19(8-10-20)16-5-6-18-12-16;/h3-4,11,16,18H,5-10,12H2,1-2H3;1H. The van der Waals surface area contributed by atoms with Crippen LogP contribution in [0.15, 0.2) is 18.2 Å². The van der Waals surface area contributed by atoms with Gasteiger partial charge in [0.25, 0.3) is 5.91 Å². The number of carbonyl (C=O) groups excluding carboxylic acids is 1. The first-order chi connectivity index (χ1) is 10.1. The van der Waals surface area contributed by atoms with Crippen molar-refractivity contribution in [1.82, 2.24) is 15.1 Å². The Labute approximate surface area is 139 Å². The molecular formula is C17H26ClN3O. The van der Waals surface area contributed by atoms with Crippen LogP contribution in [0.25, 0.3) is 0 Å². The van der Waals surface area contributed by atoms with Crippen LogP contribution in [-0.4, -0.2) is 61.0 Å². The van der Waals surface area contributed by atoms with Crippen LogP contribution in [0.3, 0.4) is 0 Å². The molecule has 2 aliphatic rings. The summed E-state index contributed by atoms with van der Waals surface area (Å²) in [6.07, 6.45) is 1.24. The molecule has 0 saturated carbocycles. The third-order valence-electron chi connectivity index (χ3n) is 4.91. The minimum absolute atomic E-state index is 0. The highest BCUT2D eigenvalue weighted by atomic mass is 35.5. The Bertz CT molecular complexity index is 521. The molecular weight excluding hydrogens is 298 g/mol. The fraction of sp³-hybridized carbons (Fsp3) is 0.588. The second-order valence-corrected chi connectivity index (χ2v) is 6.27. The molecule has 1 aromatic carbocycles. The number of amides is 1. The lowest BCUT2D eigenvalue weighted by Gasteiger charge is -2.37. The maximum atomic E-state index is 12.6. The highest BCUT2D eigenvalue weighted by molar-refractivity contribution is 5.94. The van der Waals surface area contributed by atoms with Crippen molar-refractivity contribution >= 4 is 18.3 Å². The molecule has 1 amide bonds. The monoisotopic (exact) mass is 323 g/mol. The van der Waals surface area contributed by atoms with Gasteiger partial charge < -0.3 is 10.2 Å². The summed E-state index contributed by atoms with van der Waals surface area (Å²) in [5, 5.41) is 3.42. The number of rotatable bonds is 2. The van der Waals surface area contributed by atoms with E-state index in [1.807, 2.05) is 23.1 Å². The number of hydrogen-bond donors (Lipinski definition) is 1. The Morgan fingerprint density at radius 2 is 1.86 bits per heavy atom. The molecule has 0 bridgehead atoms. The van der Waals surface area contributed by atoms with Crippen LogP contribution < -0.4 is 5.32 Å². The summed E-state index contributed by atoms with van der Waals surface area (Å²) in [5.74, 6) is 0.183. The van der Waals surface area contributed by atoms with Crippen LogP contribution in [0.5, 0.6) is 0 Å². The highest BCUT2D eigenvalue weighted by Crippen LogP contribution is 2.16. The van der Waals surface area contributed by atoms with Gasteiger partial charge in [0.05, 0.1) is 0 Å². The molecule has 0 aliphatic carbocycles. The molecule has 2 aliphatic heterocycles. The van der Waals surface area contributed by atoms with Crippen molar-refractivity contribution in [1.29, 1.82) is 0 Å². The van der Waals surface area contributed by atoms with Crippen molar-refractivity contribution in [3.8, 4) is 0 Å². The quantitative estimate of drug-likeness (QED) is 0.902. The number of nitrogens with zero attached hydrogens (tertiary/aromatic N) is 2. The molecule has 2 saturated heterocycles. The van der Waals surface area contributed by atoms with E-state index in [1.165, 1.54) is 17.5 Å². The Morgan fingerprint density at radius 3 is 2.45 bits per heavy atom. The van der Waals surface area contributed by atoms with E-state index in [-0.39, 0.29) is 18.3 Å². The normalized spacial score (nSPS) is 22.5. The van der Waals surface area contributed by atoms with E-state index < -0.39 is 0 Å². The molecule has 1 unspecified atom stereocenters. The number of benzene rings is 1. The van der Waals surface area contributed by atoms with E-state index in [9.17, 15) is 4.79 Å². The summed E-state index contributed by atoms with van der Waals surface area (Å²) >= 11 is 0. The summed E-state index contributed by atoms with van der Waals surface area (Å²) in [7, 11) is 0. The molecule has 5 heteroatoms. The molecule has 0 aromatic heterocycles. The van der Waals surface area contributed by atoms with Crippen molar-refractivity contribution in [2.75, 3.05) is 39.3 Å². The minimum atomic E-state index is 0. The maximum Gasteiger partial charge on any atom is 0.253 e. The van der Waals surface area contributed by atoms with Crippen LogP contribution in [0, 0.1) is 13.8 Å². The number of halogens is 1. The van der Waals surface area contributed by atoms with Crippen molar-refractivity contribution in [3.63, 3.8) is 0 Å². The first-order valence-corrected chi connectivity index (χ1v) is 7.96. The van der Waals surface area contributed by atoms with Gasteiger partial charge in [0, 0.05) is 44.3 Å². The van der Waals surface area contributed by atoms with Crippen molar-refractivity contribution in [2.45, 2.75) is 26.3 Å². The smallest absolute Gasteiger partial charge is 0.253 e. The Hall–Kier alpha value is -1.10. The number of aryl methyl sites for hydroxylation is 2. The highest BCUT2D eigenvalue weighted by Gasteiger charge is 2.28. The third kappa shape index (κ3) is 3.62. The molecule has 1 atom stereocenters. The lowest BCUT2D eigenvalue weighted by atomic mass is 10.1. The molecule has 4 nitrogen and oxygen atoms in total. The number of piperazine rings is 1. The predicted octanol–water partition coefficient (Wildman–Crippen LogP) is 1.84. The van der Waals surface area contributed by atoms with Crippen LogP contribution in [0.2, 0.25) is 0 Å². The molecule has 0 radical (unpaired) electrons. The summed E-state index contributed by atoms with van der Waals surface area (Å²) in [6, 6.07) is 6.69. The molecule has 0 spiro atoms. The summed E-state index contributed by atoms with van der Waals surface area (Å²) in [5.41, 5.74) is 3.26. The SMILES string of the molecule is Cc1ccc(C(=O)N2CCN(C3CCNC3)CC2)cc1C.Cl. The molecule has 1 N–H and O–H groups in total. The van der Waals surface area contributed by atoms with E-state index in [2.05, 4.69) is 24.1 Å². The van der Waals surface area contributed by atoms with Gasteiger partial charge in [0.1, 0.15) is 0 Å². The van der Waals surface area contributed by atoms with Crippen molar-refractivity contribution in [3.05, 3.63) is 34.9 Å². The topological polar surface area (TPSA) is 35.6 Å². The molecule has 2 heterocycles. The van der Waals surface area contributed by atoms with E-state index >= 15 is 0 Å². The molecule has 1 aromatic rings. The summed E-state index contributed by atoms with van der Waals surface area (Å²) in [4.78, 5) is 17.1. The van der Waals surface area contributed by atoms with Crippen LogP contribution in [0.1, 0.15) is 27.9 Å². The Balaban J connectivity index is 0.00000176. The molecule has 122 valence electrons. The van der Waals surface area contributed by atoms with Gasteiger partial charge in [-0.3, -0.25) is 9.69 Å². The maximum absolute atomic E-state index is 12.6. The van der Waals surface area contributed by atoms with Gasteiger partial charge in [-0.15, -0.1) is 12.4 Å². The van der Waals surface area contributed by atoms with Crippen LogP contribution in [0.4, 0.5) is 0 Å². The van der Waals surface area contributed by atoms with Crippen LogP contribution in [-0.2, 0) is 0 Å². The summed E-state index contributed by atoms with van der Waals surface area (Å²) in [6.45, 7) is 10.1. The van der Waals surface area contributed by atoms with E-state index in [4.69, 9.17) is 0 Å². The third-order valence-corrected chi connectivity index (χ3v) is 4.91. The number of hydrogen-bond acceptors (Lipinski definition) is 3. The van der Waals surface area contributed by atoms with Gasteiger partial charge >= 0.3 is 0 Å². The molecule has 22 heavy (non-hydrogen) atoms. The average molecular weight is 324 g/mol. The van der Waals surface area contributed by atoms with Gasteiger partial charge in [-0.1, -0.05) is 6.07 Å². The lowest BCUT2D eigenvalue weighted by Crippen LogP contribution is -2.52. The lowest BCUT2D eigenvalue weighted by molar-refractivity contribution is 0.0584. The van der Waals surface area contributed by atoms with Gasteiger partial charge in [0.15, 0.2) is 0 Å². The molecule has 2 fully saturated rings. The van der Waals surface area contributed by atoms with E-state index in [0.29, 0.717) is 6.04 Å². The van der Waals surface area contributed by atoms with Gasteiger partial charge in [-0.2, -0.15) is 0 Å². The van der Waals surface area contributed by atoms with Gasteiger partial charge in [-0.05, 0) is 50.1 Å². The second kappa shape index (κ2) is 7.44. The first-order valence-electron chi connectivity index (χ1n) is 7.96. The van der Waals surface area contributed by atoms with Crippen molar-refractivity contribution < 1.29 is 4.79 Å². The number of carbonyl (C=O) groups is 1. The largest absolute Gasteiger partial charge is 0.336 e. The minimum Gasteiger partial charge on any atom is -0.336 e. The van der Waals surface area contributed by atoms with Crippen molar-refractivity contribution in [2.24, 2.45) is 0 Å².